The van der Waals surface area contributed by atoms with Crippen molar-refractivity contribution in [3.63, 3.8) is 0 Å². The van der Waals surface area contributed by atoms with Gasteiger partial charge in [-0.1, -0.05) is 11.1 Å². The van der Waals surface area contributed by atoms with Gasteiger partial charge in [0.1, 0.15) is 0 Å². The third kappa shape index (κ3) is 0.200. The molecule has 3 unspecified atom stereocenters. The van der Waals surface area contributed by atoms with Gasteiger partial charge >= 0.3 is 0 Å². The Labute approximate surface area is 54.9 Å². The molecule has 0 nitrogen and oxygen atoms in total. The van der Waals surface area contributed by atoms with Gasteiger partial charge in [-0.25, -0.2) is 0 Å². The number of hydrogen-bond acceptors (Lipinski definition) is 0. The van der Waals surface area contributed by atoms with Gasteiger partial charge in [-0.05, 0) is 37.5 Å². The minimum absolute atomic E-state index is 0.878. The maximum atomic E-state index is 1.96. The van der Waals surface area contributed by atoms with E-state index >= 15 is 0 Å². The van der Waals surface area contributed by atoms with E-state index in [1.165, 1.54) is 6.42 Å². The van der Waals surface area contributed by atoms with Gasteiger partial charge in [0.25, 0.3) is 0 Å². The summed E-state index contributed by atoms with van der Waals surface area (Å²) in [5, 5.41) is 0. The molecule has 3 saturated carbocycles. The van der Waals surface area contributed by atoms with Crippen molar-refractivity contribution < 1.29 is 0 Å². The maximum absolute atomic E-state index is 1.96. The molecule has 0 amide bonds. The smallest absolute Gasteiger partial charge is 0.0196 e. The molecule has 3 atom stereocenters. The summed E-state index contributed by atoms with van der Waals surface area (Å²) < 4.78 is 0. The van der Waals surface area contributed by atoms with E-state index in [2.05, 4.69) is 0 Å². The molecule has 0 radical (unpaired) electrons. The van der Waals surface area contributed by atoms with Crippen LogP contribution in [-0.2, 0) is 0 Å². The van der Waals surface area contributed by atoms with E-state index in [1.54, 1.807) is 19.3 Å². The maximum Gasteiger partial charge on any atom is 0.0196 e. The highest BCUT2D eigenvalue weighted by atomic mass is 14.8. The second-order valence-electron chi connectivity index (χ2n) is 4.25. The van der Waals surface area contributed by atoms with Gasteiger partial charge in [-0.2, -0.15) is 0 Å². The number of fused-ring (bicyclic) bond motifs is 3. The summed E-state index contributed by atoms with van der Waals surface area (Å²) in [6.07, 6.45) is 6.23. The SMILES string of the molecule is C1CC2CC1C1=C3CC312. The van der Waals surface area contributed by atoms with Crippen molar-refractivity contribution in [3.8, 4) is 0 Å². The van der Waals surface area contributed by atoms with Crippen LogP contribution in [0.5, 0.6) is 0 Å². The number of allylic oxidation sites excluding steroid dienone is 2. The summed E-state index contributed by atoms with van der Waals surface area (Å²) in [4.78, 5) is 0. The fourth-order valence-electron chi connectivity index (χ4n) is 3.65. The summed E-state index contributed by atoms with van der Waals surface area (Å²) in [6, 6.07) is 0. The standard InChI is InChI=1S/C9H10/c1-2-6-3-5(1)8-7-4-9(6,7)8/h5-6H,1-4H2. The first-order valence-corrected chi connectivity index (χ1v) is 4.17. The van der Waals surface area contributed by atoms with Crippen LogP contribution in [0.4, 0.5) is 0 Å². The molecule has 0 aromatic heterocycles. The van der Waals surface area contributed by atoms with Crippen molar-refractivity contribution in [1.29, 1.82) is 0 Å². The lowest BCUT2D eigenvalue weighted by Crippen LogP contribution is -2.04. The molecule has 0 heteroatoms. The van der Waals surface area contributed by atoms with Crippen LogP contribution in [0.3, 0.4) is 0 Å². The molecule has 0 aromatic carbocycles. The van der Waals surface area contributed by atoms with Crippen molar-refractivity contribution in [2.45, 2.75) is 25.7 Å². The largest absolute Gasteiger partial charge is 0.0577 e. The number of rotatable bonds is 0. The minimum Gasteiger partial charge on any atom is -0.0577 e. The highest BCUT2D eigenvalue weighted by Crippen LogP contribution is 2.87. The molecule has 0 aliphatic heterocycles. The quantitative estimate of drug-likeness (QED) is 0.427. The van der Waals surface area contributed by atoms with E-state index in [0.29, 0.717) is 0 Å². The summed E-state index contributed by atoms with van der Waals surface area (Å²) >= 11 is 0. The predicted molar refractivity (Wildman–Crippen MR) is 34.9 cm³/mol. The molecule has 9 heavy (non-hydrogen) atoms. The first-order valence-electron chi connectivity index (χ1n) is 4.17. The lowest BCUT2D eigenvalue weighted by molar-refractivity contribution is 0.438. The zero-order chi connectivity index (χ0) is 5.64. The average Bonchev–Trinajstić information content (AvgIpc) is 2.59. The van der Waals surface area contributed by atoms with E-state index in [9.17, 15) is 0 Å². The van der Waals surface area contributed by atoms with Crippen molar-refractivity contribution in [2.24, 2.45) is 17.3 Å². The Morgan fingerprint density at radius 1 is 1.33 bits per heavy atom. The summed E-state index contributed by atoms with van der Waals surface area (Å²) in [5.74, 6) is 2.27. The zero-order valence-electron chi connectivity index (χ0n) is 5.48. The van der Waals surface area contributed by atoms with E-state index in [-0.39, 0.29) is 0 Å². The molecular weight excluding hydrogens is 108 g/mol. The topological polar surface area (TPSA) is 0 Å². The highest BCUT2D eigenvalue weighted by Gasteiger charge is 2.77. The normalized spacial score (nSPS) is 64.0. The van der Waals surface area contributed by atoms with Gasteiger partial charge in [0.15, 0.2) is 0 Å². The molecule has 0 N–H and O–H groups in total. The molecule has 0 heterocycles. The van der Waals surface area contributed by atoms with E-state index in [4.69, 9.17) is 0 Å². The summed E-state index contributed by atoms with van der Waals surface area (Å²) in [5.41, 5.74) is 4.75. The molecule has 4 aliphatic carbocycles. The van der Waals surface area contributed by atoms with Gasteiger partial charge in [-0.15, -0.1) is 0 Å². The zero-order valence-corrected chi connectivity index (χ0v) is 5.48. The Kier molecular flexibility index (Phi) is 0.314. The Balaban J connectivity index is 2.02. The number of hydrogen-bond donors (Lipinski definition) is 0. The monoisotopic (exact) mass is 118 g/mol. The highest BCUT2D eigenvalue weighted by molar-refractivity contribution is 5.69. The Morgan fingerprint density at radius 3 is 2.89 bits per heavy atom. The van der Waals surface area contributed by atoms with Gasteiger partial charge in [0.05, 0.1) is 0 Å². The van der Waals surface area contributed by atoms with Crippen LogP contribution < -0.4 is 0 Å². The van der Waals surface area contributed by atoms with Crippen molar-refractivity contribution in [1.82, 2.24) is 0 Å². The van der Waals surface area contributed by atoms with Crippen LogP contribution in [0.15, 0.2) is 11.1 Å². The molecule has 3 fully saturated rings. The molecule has 0 saturated heterocycles. The van der Waals surface area contributed by atoms with E-state index in [1.807, 2.05) is 11.1 Å². The second kappa shape index (κ2) is 0.744. The van der Waals surface area contributed by atoms with Crippen molar-refractivity contribution >= 4 is 0 Å². The Bertz CT molecular complexity index is 249. The van der Waals surface area contributed by atoms with E-state index < -0.39 is 0 Å². The van der Waals surface area contributed by atoms with Crippen LogP contribution in [0.2, 0.25) is 0 Å². The van der Waals surface area contributed by atoms with Crippen LogP contribution in [-0.4, -0.2) is 0 Å². The Hall–Kier alpha value is -0.260. The van der Waals surface area contributed by atoms with Gasteiger partial charge in [-0.3, -0.25) is 0 Å². The predicted octanol–water partition coefficient (Wildman–Crippen LogP) is 2.12. The van der Waals surface area contributed by atoms with Gasteiger partial charge < -0.3 is 0 Å². The van der Waals surface area contributed by atoms with E-state index in [0.717, 1.165) is 17.3 Å². The van der Waals surface area contributed by atoms with Crippen LogP contribution in [0.1, 0.15) is 25.7 Å². The fourth-order valence-corrected chi connectivity index (χ4v) is 3.65. The van der Waals surface area contributed by atoms with Gasteiger partial charge in [0.2, 0.25) is 0 Å². The molecule has 1 spiro atoms. The average molecular weight is 118 g/mol. The third-order valence-electron chi connectivity index (χ3n) is 4.15. The molecule has 2 bridgehead atoms. The first kappa shape index (κ1) is 3.80. The summed E-state index contributed by atoms with van der Waals surface area (Å²) in [6.45, 7) is 0. The first-order chi connectivity index (χ1) is 4.43. The summed E-state index contributed by atoms with van der Waals surface area (Å²) in [7, 11) is 0. The van der Waals surface area contributed by atoms with Crippen molar-refractivity contribution in [3.05, 3.63) is 11.1 Å². The fraction of sp³-hybridized carbons (Fsp3) is 0.778. The molecule has 46 valence electrons. The molecule has 0 aromatic rings. The van der Waals surface area contributed by atoms with Crippen LogP contribution >= 0.6 is 0 Å². The molecule has 4 rings (SSSR count). The van der Waals surface area contributed by atoms with Crippen LogP contribution in [0.25, 0.3) is 0 Å². The van der Waals surface area contributed by atoms with Gasteiger partial charge in [0, 0.05) is 5.41 Å². The van der Waals surface area contributed by atoms with Crippen LogP contribution in [0, 0.1) is 17.3 Å². The lowest BCUT2D eigenvalue weighted by atomic mass is 9.91. The molecule has 4 aliphatic rings. The minimum atomic E-state index is 0.878. The molecular formula is C9H10. The lowest BCUT2D eigenvalue weighted by Gasteiger charge is -2.13. The second-order valence-corrected chi connectivity index (χ2v) is 4.25. The third-order valence-corrected chi connectivity index (χ3v) is 4.15. The Morgan fingerprint density at radius 2 is 2.33 bits per heavy atom. The van der Waals surface area contributed by atoms with Crippen molar-refractivity contribution in [2.75, 3.05) is 0 Å².